The first-order chi connectivity index (χ1) is 11.8. The lowest BCUT2D eigenvalue weighted by molar-refractivity contribution is 0.0692. The quantitative estimate of drug-likeness (QED) is 0.858. The van der Waals surface area contributed by atoms with Gasteiger partial charge in [0.2, 0.25) is 0 Å². The number of urea groups is 1. The van der Waals surface area contributed by atoms with Gasteiger partial charge in [-0.25, -0.2) is 4.79 Å². The lowest BCUT2D eigenvalue weighted by Gasteiger charge is -2.40. The number of aliphatic hydroxyl groups excluding tert-OH is 1. The summed E-state index contributed by atoms with van der Waals surface area (Å²) in [4.78, 5) is 18.9. The summed E-state index contributed by atoms with van der Waals surface area (Å²) in [5.41, 5.74) is 1.90. The summed E-state index contributed by atoms with van der Waals surface area (Å²) in [6, 6.07) is 8.40. The van der Waals surface area contributed by atoms with Gasteiger partial charge in [-0.05, 0) is 45.9 Å². The number of nitrogens with one attached hydrogen (secondary N) is 1. The lowest BCUT2D eigenvalue weighted by Crippen LogP contribution is -2.56. The van der Waals surface area contributed by atoms with Gasteiger partial charge < -0.3 is 20.2 Å². The summed E-state index contributed by atoms with van der Waals surface area (Å²) in [6.45, 7) is 11.0. The first-order valence-corrected chi connectivity index (χ1v) is 9.09. The average molecular weight is 348 g/mol. The molecule has 140 valence electrons. The van der Waals surface area contributed by atoms with Gasteiger partial charge >= 0.3 is 6.03 Å². The Kier molecular flexibility index (Phi) is 6.67. The van der Waals surface area contributed by atoms with Crippen LogP contribution in [0.5, 0.6) is 0 Å². The second-order valence-corrected chi connectivity index (χ2v) is 7.34. The number of benzene rings is 1. The summed E-state index contributed by atoms with van der Waals surface area (Å²) in [5, 5.41) is 12.6. The molecule has 2 amide bonds. The zero-order valence-electron chi connectivity index (χ0n) is 16.1. The first-order valence-electron chi connectivity index (χ1n) is 9.09. The van der Waals surface area contributed by atoms with Crippen molar-refractivity contribution in [3.63, 3.8) is 0 Å². The highest BCUT2D eigenvalue weighted by molar-refractivity contribution is 5.90. The highest BCUT2D eigenvalue weighted by Gasteiger charge is 2.27. The van der Waals surface area contributed by atoms with E-state index >= 15 is 0 Å². The van der Waals surface area contributed by atoms with Crippen molar-refractivity contribution >= 4 is 17.4 Å². The van der Waals surface area contributed by atoms with E-state index in [2.05, 4.69) is 42.9 Å². The van der Waals surface area contributed by atoms with Crippen molar-refractivity contribution in [1.29, 1.82) is 0 Å². The Morgan fingerprint density at radius 2 is 2.08 bits per heavy atom. The van der Waals surface area contributed by atoms with Crippen molar-refractivity contribution in [3.8, 4) is 0 Å². The smallest absolute Gasteiger partial charge is 0.322 e. The maximum atomic E-state index is 12.7. The first kappa shape index (κ1) is 19.5. The molecule has 1 saturated heterocycles. The van der Waals surface area contributed by atoms with E-state index in [1.54, 1.807) is 6.92 Å². The van der Waals surface area contributed by atoms with E-state index in [4.69, 9.17) is 0 Å². The van der Waals surface area contributed by atoms with E-state index in [0.29, 0.717) is 19.1 Å². The predicted molar refractivity (Wildman–Crippen MR) is 103 cm³/mol. The maximum Gasteiger partial charge on any atom is 0.322 e. The zero-order chi connectivity index (χ0) is 18.6. The number of rotatable bonds is 5. The van der Waals surface area contributed by atoms with Crippen LogP contribution in [0.4, 0.5) is 16.2 Å². The standard InChI is InChI=1S/C19H32N4O2/c1-14(2)21(5)18-8-6-7-17(11-18)20-19(25)23-10-9-22(12-15(23)3)13-16(4)24/h6-8,11,14-16,24H,9-10,12-13H2,1-5H3,(H,20,25). The van der Waals surface area contributed by atoms with Crippen molar-refractivity contribution in [2.24, 2.45) is 0 Å². The van der Waals surface area contributed by atoms with E-state index in [1.807, 2.05) is 29.2 Å². The Hall–Kier alpha value is -1.79. The number of hydrogen-bond donors (Lipinski definition) is 2. The fourth-order valence-electron chi connectivity index (χ4n) is 3.17. The molecular formula is C19H32N4O2. The van der Waals surface area contributed by atoms with Crippen LogP contribution < -0.4 is 10.2 Å². The molecule has 6 heteroatoms. The largest absolute Gasteiger partial charge is 0.392 e. The van der Waals surface area contributed by atoms with Gasteiger partial charge in [0.25, 0.3) is 0 Å². The molecule has 2 N–H and O–H groups in total. The minimum Gasteiger partial charge on any atom is -0.392 e. The van der Waals surface area contributed by atoms with Crippen molar-refractivity contribution in [1.82, 2.24) is 9.80 Å². The molecule has 0 saturated carbocycles. The third-order valence-corrected chi connectivity index (χ3v) is 4.77. The normalized spacial score (nSPS) is 19.8. The minimum atomic E-state index is -0.340. The third-order valence-electron chi connectivity index (χ3n) is 4.77. The molecule has 0 radical (unpaired) electrons. The second kappa shape index (κ2) is 8.54. The third kappa shape index (κ3) is 5.34. The molecule has 1 aromatic carbocycles. The summed E-state index contributed by atoms with van der Waals surface area (Å²) in [7, 11) is 2.05. The van der Waals surface area contributed by atoms with E-state index in [-0.39, 0.29) is 18.2 Å². The molecular weight excluding hydrogens is 316 g/mol. The number of anilines is 2. The SMILES string of the molecule is CC(O)CN1CCN(C(=O)Nc2cccc(N(C)C(C)C)c2)C(C)C1. The van der Waals surface area contributed by atoms with Crippen LogP contribution in [0, 0.1) is 0 Å². The number of aliphatic hydroxyl groups is 1. The van der Waals surface area contributed by atoms with Gasteiger partial charge in [-0.3, -0.25) is 4.90 Å². The molecule has 2 rings (SSSR count). The highest BCUT2D eigenvalue weighted by Crippen LogP contribution is 2.21. The van der Waals surface area contributed by atoms with Crippen LogP contribution >= 0.6 is 0 Å². The number of nitrogens with zero attached hydrogens (tertiary/aromatic N) is 3. The summed E-state index contributed by atoms with van der Waals surface area (Å²) in [6.07, 6.45) is -0.340. The topological polar surface area (TPSA) is 59.1 Å². The predicted octanol–water partition coefficient (Wildman–Crippen LogP) is 2.45. The molecule has 0 aromatic heterocycles. The number of β-amino-alcohol motifs (C(OH)–C–C–N with tert-alkyl or cyclic N) is 1. The van der Waals surface area contributed by atoms with Gasteiger partial charge in [-0.2, -0.15) is 0 Å². The molecule has 1 aromatic rings. The van der Waals surface area contributed by atoms with Gasteiger partial charge in [0, 0.05) is 56.7 Å². The molecule has 1 aliphatic heterocycles. The molecule has 6 nitrogen and oxygen atoms in total. The molecule has 1 fully saturated rings. The molecule has 0 aliphatic carbocycles. The van der Waals surface area contributed by atoms with Crippen LogP contribution in [-0.4, -0.2) is 72.4 Å². The highest BCUT2D eigenvalue weighted by atomic mass is 16.3. The number of amides is 2. The molecule has 25 heavy (non-hydrogen) atoms. The van der Waals surface area contributed by atoms with E-state index < -0.39 is 0 Å². The zero-order valence-corrected chi connectivity index (χ0v) is 16.1. The second-order valence-electron chi connectivity index (χ2n) is 7.34. The van der Waals surface area contributed by atoms with Crippen molar-refractivity contribution < 1.29 is 9.90 Å². The summed E-state index contributed by atoms with van der Waals surface area (Å²) < 4.78 is 0. The fraction of sp³-hybridized carbons (Fsp3) is 0.632. The maximum absolute atomic E-state index is 12.7. The molecule has 2 unspecified atom stereocenters. The Labute approximate surface area is 151 Å². The van der Waals surface area contributed by atoms with Crippen LogP contribution in [0.25, 0.3) is 0 Å². The Balaban J connectivity index is 1.97. The number of piperazine rings is 1. The van der Waals surface area contributed by atoms with Crippen LogP contribution in [0.1, 0.15) is 27.7 Å². The lowest BCUT2D eigenvalue weighted by atomic mass is 10.2. The van der Waals surface area contributed by atoms with E-state index in [1.165, 1.54) is 0 Å². The number of carbonyl (C=O) groups is 1. The van der Waals surface area contributed by atoms with Crippen molar-refractivity contribution in [2.45, 2.75) is 45.9 Å². The van der Waals surface area contributed by atoms with Crippen LogP contribution in [0.3, 0.4) is 0 Å². The average Bonchev–Trinajstić information content (AvgIpc) is 2.53. The molecule has 0 bridgehead atoms. The van der Waals surface area contributed by atoms with Gasteiger partial charge in [0.1, 0.15) is 0 Å². The fourth-order valence-corrected chi connectivity index (χ4v) is 3.17. The van der Waals surface area contributed by atoms with E-state index in [9.17, 15) is 9.90 Å². The minimum absolute atomic E-state index is 0.0615. The van der Waals surface area contributed by atoms with Gasteiger partial charge in [0.15, 0.2) is 0 Å². The molecule has 1 aliphatic rings. The van der Waals surface area contributed by atoms with Crippen molar-refractivity contribution in [2.75, 3.05) is 43.4 Å². The van der Waals surface area contributed by atoms with Crippen LogP contribution in [-0.2, 0) is 0 Å². The Bertz CT molecular complexity index is 576. The molecule has 2 atom stereocenters. The Morgan fingerprint density at radius 1 is 1.36 bits per heavy atom. The van der Waals surface area contributed by atoms with E-state index in [0.717, 1.165) is 24.5 Å². The monoisotopic (exact) mass is 348 g/mol. The molecule has 1 heterocycles. The molecule has 0 spiro atoms. The van der Waals surface area contributed by atoms with Gasteiger partial charge in [-0.15, -0.1) is 0 Å². The number of carbonyl (C=O) groups excluding carboxylic acids is 1. The number of hydrogen-bond acceptors (Lipinski definition) is 4. The van der Waals surface area contributed by atoms with Crippen LogP contribution in [0.2, 0.25) is 0 Å². The van der Waals surface area contributed by atoms with Gasteiger partial charge in [-0.1, -0.05) is 6.07 Å². The van der Waals surface area contributed by atoms with Crippen molar-refractivity contribution in [3.05, 3.63) is 24.3 Å². The summed E-state index contributed by atoms with van der Waals surface area (Å²) >= 11 is 0. The van der Waals surface area contributed by atoms with Gasteiger partial charge in [0.05, 0.1) is 6.10 Å². The summed E-state index contributed by atoms with van der Waals surface area (Å²) in [5.74, 6) is 0. The van der Waals surface area contributed by atoms with Crippen LogP contribution in [0.15, 0.2) is 24.3 Å². The Morgan fingerprint density at radius 3 is 2.68 bits per heavy atom.